The fraction of sp³-hybridized carbons (Fsp3) is 0.368. The van der Waals surface area contributed by atoms with Crippen molar-refractivity contribution in [3.63, 3.8) is 0 Å². The first-order chi connectivity index (χ1) is 12.4. The van der Waals surface area contributed by atoms with Gasteiger partial charge < -0.3 is 24.8 Å². The van der Waals surface area contributed by atoms with Crippen LogP contribution in [0.1, 0.15) is 32.4 Å². The van der Waals surface area contributed by atoms with Gasteiger partial charge in [-0.2, -0.15) is 0 Å². The zero-order valence-corrected chi connectivity index (χ0v) is 16.2. The molecule has 1 aromatic carbocycles. The third kappa shape index (κ3) is 4.54. The Morgan fingerprint density at radius 1 is 1.38 bits per heavy atom. The van der Waals surface area contributed by atoms with Gasteiger partial charge in [-0.25, -0.2) is 4.79 Å². The molecule has 0 saturated carbocycles. The van der Waals surface area contributed by atoms with Gasteiger partial charge >= 0.3 is 5.97 Å². The Morgan fingerprint density at radius 2 is 2.12 bits per heavy atom. The number of carbonyl (C=O) groups is 1. The molecule has 0 spiro atoms. The first-order valence-corrected chi connectivity index (χ1v) is 8.69. The van der Waals surface area contributed by atoms with Crippen LogP contribution in [-0.2, 0) is 9.53 Å². The normalized spacial score (nSPS) is 16.7. The Kier molecular flexibility index (Phi) is 6.63. The molecule has 2 N–H and O–H groups in total. The van der Waals surface area contributed by atoms with Crippen LogP contribution in [0.2, 0.25) is 0 Å². The van der Waals surface area contributed by atoms with Gasteiger partial charge in [0.15, 0.2) is 16.6 Å². The molecule has 0 amide bonds. The van der Waals surface area contributed by atoms with E-state index in [1.807, 2.05) is 26.0 Å². The Hall–Kier alpha value is -2.54. The SMILES string of the molecule is C=CCOc1ccc([C@@H]2NC(=S)NC(C)=C2C(=O)OC(C)C)cc1OC. The van der Waals surface area contributed by atoms with Gasteiger partial charge in [-0.3, -0.25) is 0 Å². The van der Waals surface area contributed by atoms with Crippen LogP contribution in [-0.4, -0.2) is 30.9 Å². The van der Waals surface area contributed by atoms with Crippen LogP contribution in [0.25, 0.3) is 0 Å². The van der Waals surface area contributed by atoms with E-state index >= 15 is 0 Å². The summed E-state index contributed by atoms with van der Waals surface area (Å²) in [4.78, 5) is 12.6. The smallest absolute Gasteiger partial charge is 0.338 e. The lowest BCUT2D eigenvalue weighted by atomic mass is 9.95. The number of allylic oxidation sites excluding steroid dienone is 1. The van der Waals surface area contributed by atoms with Crippen molar-refractivity contribution in [2.75, 3.05) is 13.7 Å². The highest BCUT2D eigenvalue weighted by molar-refractivity contribution is 7.80. The van der Waals surface area contributed by atoms with Crippen molar-refractivity contribution in [1.29, 1.82) is 0 Å². The summed E-state index contributed by atoms with van der Waals surface area (Å²) in [5.41, 5.74) is 1.95. The third-order valence-electron chi connectivity index (χ3n) is 3.71. The van der Waals surface area contributed by atoms with Gasteiger partial charge in [-0.05, 0) is 50.7 Å². The van der Waals surface area contributed by atoms with Crippen molar-refractivity contribution in [2.24, 2.45) is 0 Å². The van der Waals surface area contributed by atoms with E-state index in [0.717, 1.165) is 5.56 Å². The van der Waals surface area contributed by atoms with Crippen molar-refractivity contribution in [2.45, 2.75) is 32.9 Å². The minimum Gasteiger partial charge on any atom is -0.493 e. The summed E-state index contributed by atoms with van der Waals surface area (Å²) in [6.45, 7) is 9.43. The van der Waals surface area contributed by atoms with Crippen molar-refractivity contribution in [3.05, 3.63) is 47.7 Å². The molecule has 1 atom stereocenters. The van der Waals surface area contributed by atoms with Crippen molar-refractivity contribution in [1.82, 2.24) is 10.6 Å². The van der Waals surface area contributed by atoms with E-state index in [2.05, 4.69) is 17.2 Å². The van der Waals surface area contributed by atoms with E-state index in [9.17, 15) is 4.79 Å². The maximum Gasteiger partial charge on any atom is 0.338 e. The Morgan fingerprint density at radius 3 is 2.73 bits per heavy atom. The molecule has 6 nitrogen and oxygen atoms in total. The maximum atomic E-state index is 12.6. The van der Waals surface area contributed by atoms with Gasteiger partial charge in [-0.1, -0.05) is 18.7 Å². The zero-order valence-electron chi connectivity index (χ0n) is 15.4. The van der Waals surface area contributed by atoms with Gasteiger partial charge in [0, 0.05) is 5.70 Å². The molecule has 0 radical (unpaired) electrons. The van der Waals surface area contributed by atoms with Gasteiger partial charge in [0.1, 0.15) is 6.61 Å². The van der Waals surface area contributed by atoms with Crippen LogP contribution in [0.4, 0.5) is 0 Å². The number of rotatable bonds is 7. The number of thiocarbonyl (C=S) groups is 1. The molecule has 7 heteroatoms. The van der Waals surface area contributed by atoms with E-state index in [-0.39, 0.29) is 6.10 Å². The summed E-state index contributed by atoms with van der Waals surface area (Å²) in [7, 11) is 1.56. The fourth-order valence-corrected chi connectivity index (χ4v) is 2.89. The molecule has 0 unspecified atom stereocenters. The molecular weight excluding hydrogens is 352 g/mol. The molecule has 1 aliphatic rings. The quantitative estimate of drug-likeness (QED) is 0.431. The highest BCUT2D eigenvalue weighted by Gasteiger charge is 2.32. The molecule has 26 heavy (non-hydrogen) atoms. The predicted molar refractivity (Wildman–Crippen MR) is 104 cm³/mol. The summed E-state index contributed by atoms with van der Waals surface area (Å²) < 4.78 is 16.4. The first-order valence-electron chi connectivity index (χ1n) is 8.28. The molecule has 0 bridgehead atoms. The van der Waals surface area contributed by atoms with Gasteiger partial charge in [0.2, 0.25) is 0 Å². The molecule has 0 fully saturated rings. The summed E-state index contributed by atoms with van der Waals surface area (Å²) in [6.07, 6.45) is 1.44. The summed E-state index contributed by atoms with van der Waals surface area (Å²) in [5.74, 6) is 0.764. The second-order valence-corrected chi connectivity index (χ2v) is 6.44. The second kappa shape index (κ2) is 8.71. The Bertz CT molecular complexity index is 743. The van der Waals surface area contributed by atoms with Crippen LogP contribution in [0.5, 0.6) is 11.5 Å². The van der Waals surface area contributed by atoms with Crippen LogP contribution in [0, 0.1) is 0 Å². The Labute approximate surface area is 159 Å². The molecule has 0 aromatic heterocycles. The van der Waals surface area contributed by atoms with E-state index in [4.69, 9.17) is 26.4 Å². The molecule has 1 aliphatic heterocycles. The summed E-state index contributed by atoms with van der Waals surface area (Å²) >= 11 is 5.26. The first kappa shape index (κ1) is 19.8. The number of nitrogens with one attached hydrogen (secondary N) is 2. The molecule has 1 heterocycles. The van der Waals surface area contributed by atoms with Crippen LogP contribution in [0.15, 0.2) is 42.1 Å². The maximum absolute atomic E-state index is 12.6. The Balaban J connectivity index is 2.42. The number of ether oxygens (including phenoxy) is 3. The van der Waals surface area contributed by atoms with E-state index < -0.39 is 12.0 Å². The minimum atomic E-state index is -0.447. The van der Waals surface area contributed by atoms with Crippen molar-refractivity contribution < 1.29 is 19.0 Å². The number of esters is 1. The van der Waals surface area contributed by atoms with Gasteiger partial charge in [0.05, 0.1) is 24.8 Å². The molecule has 140 valence electrons. The largest absolute Gasteiger partial charge is 0.493 e. The minimum absolute atomic E-state index is 0.221. The highest BCUT2D eigenvalue weighted by Crippen LogP contribution is 2.34. The summed E-state index contributed by atoms with van der Waals surface area (Å²) in [6, 6.07) is 5.03. The number of hydrogen-bond donors (Lipinski definition) is 2. The second-order valence-electron chi connectivity index (χ2n) is 6.03. The number of carbonyl (C=O) groups excluding carboxylic acids is 1. The lowest BCUT2D eigenvalue weighted by molar-refractivity contribution is -0.143. The lowest BCUT2D eigenvalue weighted by Gasteiger charge is -2.30. The zero-order chi connectivity index (χ0) is 19.3. The van der Waals surface area contributed by atoms with Gasteiger partial charge in [0.25, 0.3) is 0 Å². The van der Waals surface area contributed by atoms with E-state index in [1.54, 1.807) is 26.2 Å². The van der Waals surface area contributed by atoms with Crippen molar-refractivity contribution in [3.8, 4) is 11.5 Å². The fourth-order valence-electron chi connectivity index (χ4n) is 2.62. The molecule has 0 saturated heterocycles. The van der Waals surface area contributed by atoms with E-state index in [1.165, 1.54) is 0 Å². The predicted octanol–water partition coefficient (Wildman–Crippen LogP) is 3.00. The molecule has 0 aliphatic carbocycles. The lowest BCUT2D eigenvalue weighted by Crippen LogP contribution is -2.45. The number of benzene rings is 1. The van der Waals surface area contributed by atoms with Crippen LogP contribution < -0.4 is 20.1 Å². The van der Waals surface area contributed by atoms with Gasteiger partial charge in [-0.15, -0.1) is 0 Å². The standard InChI is InChI=1S/C19H24N2O4S/c1-6-9-24-14-8-7-13(10-15(14)23-5)17-16(18(22)25-11(2)3)12(4)20-19(26)21-17/h6-8,10-11,17H,1,9H2,2-5H3,(H2,20,21,26)/t17-/m0/s1. The molecule has 1 aromatic rings. The topological polar surface area (TPSA) is 68.8 Å². The monoisotopic (exact) mass is 376 g/mol. The number of hydrogen-bond acceptors (Lipinski definition) is 5. The average molecular weight is 376 g/mol. The highest BCUT2D eigenvalue weighted by atomic mass is 32.1. The average Bonchev–Trinajstić information content (AvgIpc) is 2.58. The number of methoxy groups -OCH3 is 1. The van der Waals surface area contributed by atoms with E-state index in [0.29, 0.717) is 34.5 Å². The molecule has 2 rings (SSSR count). The van der Waals surface area contributed by atoms with Crippen LogP contribution in [0.3, 0.4) is 0 Å². The van der Waals surface area contributed by atoms with Crippen molar-refractivity contribution >= 4 is 23.3 Å². The summed E-state index contributed by atoms with van der Waals surface area (Å²) in [5, 5.41) is 6.56. The van der Waals surface area contributed by atoms with Crippen LogP contribution >= 0.6 is 12.2 Å². The molecular formula is C19H24N2O4S. The third-order valence-corrected chi connectivity index (χ3v) is 3.93.